The van der Waals surface area contributed by atoms with Gasteiger partial charge in [0.15, 0.2) is 6.19 Å². The third-order valence-corrected chi connectivity index (χ3v) is 4.93. The molecule has 6 heteroatoms. The molecule has 2 atom stereocenters. The van der Waals surface area contributed by atoms with Crippen LogP contribution in [0.25, 0.3) is 0 Å². The molecular weight excluding hydrogens is 262 g/mol. The predicted molar refractivity (Wildman–Crippen MR) is 71.6 cm³/mol. The molecule has 1 aliphatic heterocycles. The maximum Gasteiger partial charge on any atom is 0.240 e. The van der Waals surface area contributed by atoms with Gasteiger partial charge in [0.2, 0.25) is 10.0 Å². The Morgan fingerprint density at radius 2 is 2.11 bits per heavy atom. The van der Waals surface area contributed by atoms with Gasteiger partial charge < -0.3 is 4.90 Å². The van der Waals surface area contributed by atoms with Crippen molar-refractivity contribution < 1.29 is 8.42 Å². The molecule has 1 fully saturated rings. The molecule has 1 aliphatic rings. The van der Waals surface area contributed by atoms with E-state index in [2.05, 4.69) is 10.9 Å². The first kappa shape index (κ1) is 13.8. The standard InChI is InChI=1S/C13H17N3O2S/c1-2-12-8-11(9-16(12)10-14)15-19(17,18)13-6-4-3-5-7-13/h3-7,11-12,15H,2,8-9H2,1H3/t11-,12+/m1/s1. The molecular formula is C13H17N3O2S. The van der Waals surface area contributed by atoms with Crippen molar-refractivity contribution in [3.8, 4) is 6.19 Å². The number of likely N-dealkylation sites (tertiary alicyclic amines) is 1. The Balaban J connectivity index is 2.09. The molecule has 0 amide bonds. The number of hydrogen-bond donors (Lipinski definition) is 1. The zero-order valence-corrected chi connectivity index (χ0v) is 11.6. The zero-order chi connectivity index (χ0) is 13.9. The summed E-state index contributed by atoms with van der Waals surface area (Å²) in [6, 6.07) is 8.23. The molecule has 1 aromatic rings. The summed E-state index contributed by atoms with van der Waals surface area (Å²) in [6.45, 7) is 2.45. The van der Waals surface area contributed by atoms with Gasteiger partial charge in [-0.15, -0.1) is 0 Å². The minimum absolute atomic E-state index is 0.133. The minimum atomic E-state index is -3.49. The monoisotopic (exact) mass is 279 g/mol. The summed E-state index contributed by atoms with van der Waals surface area (Å²) in [7, 11) is -3.49. The van der Waals surface area contributed by atoms with E-state index in [1.807, 2.05) is 6.92 Å². The number of hydrogen-bond acceptors (Lipinski definition) is 4. The van der Waals surface area contributed by atoms with Gasteiger partial charge in [-0.05, 0) is 25.0 Å². The highest BCUT2D eigenvalue weighted by Crippen LogP contribution is 2.21. The highest BCUT2D eigenvalue weighted by molar-refractivity contribution is 7.89. The van der Waals surface area contributed by atoms with E-state index in [1.165, 1.54) is 0 Å². The number of rotatable bonds is 4. The summed E-state index contributed by atoms with van der Waals surface area (Å²) in [6.07, 6.45) is 3.64. The molecule has 0 spiro atoms. The van der Waals surface area contributed by atoms with E-state index >= 15 is 0 Å². The van der Waals surface area contributed by atoms with Gasteiger partial charge in [-0.25, -0.2) is 13.1 Å². The molecule has 0 radical (unpaired) electrons. The van der Waals surface area contributed by atoms with Gasteiger partial charge in [-0.3, -0.25) is 0 Å². The normalized spacial score (nSPS) is 23.3. The van der Waals surface area contributed by atoms with E-state index in [0.717, 1.165) is 6.42 Å². The van der Waals surface area contributed by atoms with Crippen LogP contribution in [0.2, 0.25) is 0 Å². The number of benzene rings is 1. The topological polar surface area (TPSA) is 73.2 Å². The zero-order valence-electron chi connectivity index (χ0n) is 10.8. The van der Waals surface area contributed by atoms with E-state index in [-0.39, 0.29) is 17.0 Å². The molecule has 1 aromatic carbocycles. The Bertz CT molecular complexity index is 565. The van der Waals surface area contributed by atoms with Crippen LogP contribution < -0.4 is 4.72 Å². The molecule has 19 heavy (non-hydrogen) atoms. The Kier molecular flexibility index (Phi) is 4.08. The van der Waals surface area contributed by atoms with Crippen LogP contribution in [0.4, 0.5) is 0 Å². The first-order valence-electron chi connectivity index (χ1n) is 6.30. The third-order valence-electron chi connectivity index (χ3n) is 3.39. The lowest BCUT2D eigenvalue weighted by Gasteiger charge is -2.14. The third kappa shape index (κ3) is 3.06. The van der Waals surface area contributed by atoms with Gasteiger partial charge in [-0.2, -0.15) is 5.26 Å². The molecule has 102 valence electrons. The first-order valence-corrected chi connectivity index (χ1v) is 7.79. The highest BCUT2D eigenvalue weighted by atomic mass is 32.2. The van der Waals surface area contributed by atoms with Gasteiger partial charge in [0.1, 0.15) is 0 Å². The van der Waals surface area contributed by atoms with E-state index in [1.54, 1.807) is 35.2 Å². The Labute approximate surface area is 113 Å². The number of sulfonamides is 1. The molecule has 1 N–H and O–H groups in total. The van der Waals surface area contributed by atoms with Crippen molar-refractivity contribution in [3.05, 3.63) is 30.3 Å². The van der Waals surface area contributed by atoms with Crippen LogP contribution in [0.5, 0.6) is 0 Å². The van der Waals surface area contributed by atoms with E-state index in [9.17, 15) is 8.42 Å². The van der Waals surface area contributed by atoms with E-state index < -0.39 is 10.0 Å². The van der Waals surface area contributed by atoms with Crippen molar-refractivity contribution in [3.63, 3.8) is 0 Å². The maximum atomic E-state index is 12.2. The van der Waals surface area contributed by atoms with Crippen molar-refractivity contribution >= 4 is 10.0 Å². The van der Waals surface area contributed by atoms with Crippen molar-refractivity contribution in [2.24, 2.45) is 0 Å². The lowest BCUT2D eigenvalue weighted by Crippen LogP contribution is -2.36. The van der Waals surface area contributed by atoms with Crippen LogP contribution in [0.1, 0.15) is 19.8 Å². The van der Waals surface area contributed by atoms with Crippen LogP contribution >= 0.6 is 0 Å². The average molecular weight is 279 g/mol. The fraction of sp³-hybridized carbons (Fsp3) is 0.462. The van der Waals surface area contributed by atoms with Crippen molar-refractivity contribution in [1.82, 2.24) is 9.62 Å². The summed E-state index contributed by atoms with van der Waals surface area (Å²) in [5, 5.41) is 9.00. The molecule has 1 heterocycles. The van der Waals surface area contributed by atoms with Gasteiger partial charge in [-0.1, -0.05) is 25.1 Å². The van der Waals surface area contributed by atoms with Crippen molar-refractivity contribution in [2.75, 3.05) is 6.54 Å². The minimum Gasteiger partial charge on any atom is -0.306 e. The molecule has 0 aromatic heterocycles. The second-order valence-electron chi connectivity index (χ2n) is 4.68. The quantitative estimate of drug-likeness (QED) is 0.843. The fourth-order valence-electron chi connectivity index (χ4n) is 2.40. The number of nitriles is 1. The van der Waals surface area contributed by atoms with Gasteiger partial charge in [0.25, 0.3) is 0 Å². The largest absolute Gasteiger partial charge is 0.306 e. The molecule has 0 aliphatic carbocycles. The van der Waals surface area contributed by atoms with E-state index in [0.29, 0.717) is 13.0 Å². The summed E-state index contributed by atoms with van der Waals surface area (Å²) in [4.78, 5) is 1.91. The lowest BCUT2D eigenvalue weighted by atomic mass is 10.1. The molecule has 2 rings (SSSR count). The SMILES string of the molecule is CC[C@H]1C[C@@H](NS(=O)(=O)c2ccccc2)CN1C#N. The first-order chi connectivity index (χ1) is 9.06. The second kappa shape index (κ2) is 5.59. The van der Waals surface area contributed by atoms with Crippen molar-refractivity contribution in [1.29, 1.82) is 5.26 Å². The fourth-order valence-corrected chi connectivity index (χ4v) is 3.66. The maximum absolute atomic E-state index is 12.2. The van der Waals surface area contributed by atoms with Crippen LogP contribution in [-0.4, -0.2) is 31.9 Å². The predicted octanol–water partition coefficient (Wildman–Crippen LogP) is 1.30. The molecule has 1 saturated heterocycles. The molecule has 5 nitrogen and oxygen atoms in total. The average Bonchev–Trinajstić information content (AvgIpc) is 2.81. The molecule has 0 saturated carbocycles. The summed E-state index contributed by atoms with van der Waals surface area (Å²) in [5.74, 6) is 0. The summed E-state index contributed by atoms with van der Waals surface area (Å²) >= 11 is 0. The van der Waals surface area contributed by atoms with Gasteiger partial charge in [0.05, 0.1) is 4.90 Å². The molecule has 0 unspecified atom stereocenters. The van der Waals surface area contributed by atoms with Crippen LogP contribution in [-0.2, 0) is 10.0 Å². The van der Waals surface area contributed by atoms with Crippen LogP contribution in [0.15, 0.2) is 35.2 Å². The smallest absolute Gasteiger partial charge is 0.240 e. The summed E-state index contributed by atoms with van der Waals surface area (Å²) < 4.78 is 27.0. The van der Waals surface area contributed by atoms with Crippen LogP contribution in [0.3, 0.4) is 0 Å². The Morgan fingerprint density at radius 1 is 1.42 bits per heavy atom. The highest BCUT2D eigenvalue weighted by Gasteiger charge is 2.33. The van der Waals surface area contributed by atoms with Gasteiger partial charge >= 0.3 is 0 Å². The summed E-state index contributed by atoms with van der Waals surface area (Å²) in [5.41, 5.74) is 0. The Morgan fingerprint density at radius 3 is 2.63 bits per heavy atom. The molecule has 0 bridgehead atoms. The number of nitrogens with zero attached hydrogens (tertiary/aromatic N) is 2. The van der Waals surface area contributed by atoms with Crippen LogP contribution in [0, 0.1) is 11.5 Å². The number of nitrogens with one attached hydrogen (secondary N) is 1. The van der Waals surface area contributed by atoms with Crippen molar-refractivity contribution in [2.45, 2.75) is 36.7 Å². The Hall–Kier alpha value is -1.58. The van der Waals surface area contributed by atoms with E-state index in [4.69, 9.17) is 5.26 Å². The second-order valence-corrected chi connectivity index (χ2v) is 6.40. The van der Waals surface area contributed by atoms with Gasteiger partial charge in [0, 0.05) is 18.6 Å². The lowest BCUT2D eigenvalue weighted by molar-refractivity contribution is 0.355.